The first-order valence-corrected chi connectivity index (χ1v) is 25.9. The summed E-state index contributed by atoms with van der Waals surface area (Å²) in [4.78, 5) is 58.1. The van der Waals surface area contributed by atoms with Gasteiger partial charge < -0.3 is 46.6 Å². The number of rotatable bonds is 22. The number of imidazole rings is 1. The highest BCUT2D eigenvalue weighted by Crippen LogP contribution is 2.67. The van der Waals surface area contributed by atoms with Gasteiger partial charge in [-0.1, -0.05) is 72.0 Å². The van der Waals surface area contributed by atoms with Crippen LogP contribution in [0.4, 0.5) is 39.5 Å². The molecule has 1 heterocycles. The summed E-state index contributed by atoms with van der Waals surface area (Å²) in [7, 11) is 0. The number of esters is 1. The van der Waals surface area contributed by atoms with Crippen LogP contribution in [-0.4, -0.2) is 112 Å². The van der Waals surface area contributed by atoms with Gasteiger partial charge in [0, 0.05) is 31.5 Å². The number of unbranched alkanes of at least 4 members (excludes halogenated alkanes) is 4. The molecule has 9 N–H and O–H groups in total. The van der Waals surface area contributed by atoms with E-state index >= 15 is 0 Å². The summed E-state index contributed by atoms with van der Waals surface area (Å²) in [5.41, 5.74) is 15.5. The van der Waals surface area contributed by atoms with Gasteiger partial charge in [-0.15, -0.1) is 0 Å². The van der Waals surface area contributed by atoms with Crippen LogP contribution in [-0.2, 0) is 39.9 Å². The van der Waals surface area contributed by atoms with E-state index in [1.54, 1.807) is 18.1 Å². The number of allylic oxidation sites excluding steroid dienone is 1. The van der Waals surface area contributed by atoms with Crippen molar-refractivity contribution >= 4 is 29.8 Å². The molecular weight excluding hydrogens is 1010 g/mol. The molecule has 75 heavy (non-hydrogen) atoms. The first kappa shape index (κ1) is 66.7. The van der Waals surface area contributed by atoms with Crippen LogP contribution in [0, 0.1) is 46.3 Å². The van der Waals surface area contributed by atoms with E-state index in [1.165, 1.54) is 64.2 Å². The number of carbonyl (C=O) groups excluding carboxylic acids is 2. The Morgan fingerprint density at radius 3 is 1.88 bits per heavy atom. The smallest absolute Gasteiger partial charge is 0.475 e. The van der Waals surface area contributed by atoms with Crippen LogP contribution in [0.2, 0.25) is 0 Å². The van der Waals surface area contributed by atoms with Crippen molar-refractivity contribution in [3.8, 4) is 0 Å². The average Bonchev–Trinajstić information content (AvgIpc) is 3.96. The van der Waals surface area contributed by atoms with Crippen molar-refractivity contribution in [1.29, 1.82) is 0 Å². The van der Waals surface area contributed by atoms with E-state index in [4.69, 9.17) is 50.6 Å². The van der Waals surface area contributed by atoms with Crippen molar-refractivity contribution < 1.29 is 88.3 Å². The normalized spacial score (nSPS) is 25.3. The Morgan fingerprint density at radius 1 is 0.747 bits per heavy atom. The fraction of sp³-hybridized carbons (Fsp3) is 0.804. The number of aliphatic carboxylic acids is 3. The van der Waals surface area contributed by atoms with Gasteiger partial charge in [0.1, 0.15) is 6.04 Å². The standard InChI is InChI=1S/C45H77N5O4.3C2HF3O2/c1-31(2)13-12-14-32(3)37-18-19-38-36-17-16-33-27-35(20-22-44(33,4)39(36)21-23-45(37,38)5)53-25-10-6-7-11-26-54-43(52)40(46)15-8-9-24-49-42(51)41(47)28-34-29-48-30-50-34;3*3-2(4,5)1(6)7/h16,29-32,35-41H,6-15,17-28,46-47H2,1-5H3,(H,48,50)(H,49,51);3*(H,6,7). The zero-order valence-corrected chi connectivity index (χ0v) is 43.7. The molecule has 3 saturated carbocycles. The maximum atomic E-state index is 12.3. The Bertz CT molecular complexity index is 1900. The maximum Gasteiger partial charge on any atom is 0.490 e. The molecule has 24 heteroatoms. The van der Waals surface area contributed by atoms with E-state index in [-0.39, 0.29) is 11.9 Å². The number of carbonyl (C=O) groups is 5. The highest BCUT2D eigenvalue weighted by atomic mass is 19.4. The second kappa shape index (κ2) is 30.5. The second-order valence-electron chi connectivity index (χ2n) is 21.3. The van der Waals surface area contributed by atoms with Gasteiger partial charge in [-0.3, -0.25) is 9.59 Å². The van der Waals surface area contributed by atoms with E-state index in [9.17, 15) is 49.1 Å². The fourth-order valence-corrected chi connectivity index (χ4v) is 11.6. The van der Waals surface area contributed by atoms with Gasteiger partial charge in [-0.2, -0.15) is 39.5 Å². The average molecular weight is 1090 g/mol. The summed E-state index contributed by atoms with van der Waals surface area (Å²) in [6.45, 7) is 14.4. The third kappa shape index (κ3) is 22.2. The third-order valence-electron chi connectivity index (χ3n) is 15.5. The zero-order valence-electron chi connectivity index (χ0n) is 43.7. The van der Waals surface area contributed by atoms with E-state index in [0.29, 0.717) is 42.9 Å². The molecule has 0 radical (unpaired) electrons. The zero-order chi connectivity index (χ0) is 57.0. The van der Waals surface area contributed by atoms with Gasteiger partial charge >= 0.3 is 42.4 Å². The molecule has 1 aromatic heterocycles. The predicted molar refractivity (Wildman–Crippen MR) is 258 cm³/mol. The van der Waals surface area contributed by atoms with Crippen LogP contribution in [0.5, 0.6) is 0 Å². The first-order valence-electron chi connectivity index (χ1n) is 25.9. The first-order chi connectivity index (χ1) is 34.7. The topological polar surface area (TPSA) is 257 Å². The molecule has 4 aliphatic carbocycles. The molecule has 0 spiro atoms. The highest BCUT2D eigenvalue weighted by molar-refractivity contribution is 5.81. The Morgan fingerprint density at radius 2 is 1.33 bits per heavy atom. The minimum Gasteiger partial charge on any atom is -0.475 e. The number of alkyl halides is 9. The predicted octanol–water partition coefficient (Wildman–Crippen LogP) is 10.3. The third-order valence-corrected chi connectivity index (χ3v) is 15.5. The fourth-order valence-electron chi connectivity index (χ4n) is 11.6. The van der Waals surface area contributed by atoms with Gasteiger partial charge in [-0.25, -0.2) is 19.4 Å². The molecule has 3 fully saturated rings. The number of nitrogens with zero attached hydrogens (tertiary/aromatic N) is 1. The maximum absolute atomic E-state index is 12.3. The van der Waals surface area contributed by atoms with Gasteiger partial charge in [-0.05, 0) is 136 Å². The summed E-state index contributed by atoms with van der Waals surface area (Å²) in [5, 5.41) is 24.2. The van der Waals surface area contributed by atoms with E-state index in [2.05, 4.69) is 56.0 Å². The molecule has 5 rings (SSSR count). The van der Waals surface area contributed by atoms with Gasteiger partial charge in [0.05, 0.1) is 25.1 Å². The summed E-state index contributed by atoms with van der Waals surface area (Å²) in [5.74, 6) is -3.53. The lowest BCUT2D eigenvalue weighted by atomic mass is 9.47. The molecule has 4 aliphatic rings. The molecule has 15 nitrogen and oxygen atoms in total. The summed E-state index contributed by atoms with van der Waals surface area (Å²) < 4.78 is 107. The number of nitrogens with two attached hydrogens (primary N) is 2. The van der Waals surface area contributed by atoms with Crippen molar-refractivity contribution in [3.05, 3.63) is 29.9 Å². The summed E-state index contributed by atoms with van der Waals surface area (Å²) in [6.07, 6.45) is 12.3. The summed E-state index contributed by atoms with van der Waals surface area (Å²) in [6, 6.07) is -1.26. The Labute approximate surface area is 433 Å². The second-order valence-corrected chi connectivity index (χ2v) is 21.3. The van der Waals surface area contributed by atoms with Gasteiger partial charge in [0.2, 0.25) is 5.91 Å². The van der Waals surface area contributed by atoms with Crippen LogP contribution in [0.3, 0.4) is 0 Å². The number of amides is 1. The van der Waals surface area contributed by atoms with E-state index in [0.717, 1.165) is 92.8 Å². The van der Waals surface area contributed by atoms with E-state index in [1.807, 2.05) is 0 Å². The molecule has 10 unspecified atom stereocenters. The number of hydrogen-bond donors (Lipinski definition) is 7. The number of H-pyrrole nitrogens is 1. The number of fused-ring (bicyclic) bond motifs is 5. The molecule has 432 valence electrons. The largest absolute Gasteiger partial charge is 0.490 e. The van der Waals surface area contributed by atoms with Crippen molar-refractivity contribution in [1.82, 2.24) is 15.3 Å². The number of aromatic amines is 1. The molecule has 0 bridgehead atoms. The lowest BCUT2D eigenvalue weighted by Crippen LogP contribution is -2.51. The quantitative estimate of drug-likeness (QED) is 0.0247. The molecule has 0 aliphatic heterocycles. The number of carboxylic acid groups (broad SMARTS) is 3. The SMILES string of the molecule is CC(C)CCCC(C)C1CCC2C3CC=C4CC(OCCCCCCOC(=O)C(N)CCCCNC(=O)C(N)Cc5cnc[nH]5)CCC4(C)C3CCC12C.O=C(O)C(F)(F)F.O=C(O)C(F)(F)F.O=C(O)C(F)(F)F. The Kier molecular flexibility index (Phi) is 27.1. The lowest BCUT2D eigenvalue weighted by molar-refractivity contribution is -0.193. The van der Waals surface area contributed by atoms with Gasteiger partial charge in [0.15, 0.2) is 0 Å². The van der Waals surface area contributed by atoms with Crippen molar-refractivity contribution in [3.63, 3.8) is 0 Å². The molecule has 1 aromatic rings. The van der Waals surface area contributed by atoms with Crippen LogP contribution in [0.25, 0.3) is 0 Å². The van der Waals surface area contributed by atoms with Crippen LogP contribution >= 0.6 is 0 Å². The number of carboxylic acids is 3. The van der Waals surface area contributed by atoms with Crippen LogP contribution in [0.1, 0.15) is 156 Å². The number of ether oxygens (including phenoxy) is 2. The van der Waals surface area contributed by atoms with Crippen molar-refractivity contribution in [2.24, 2.45) is 57.8 Å². The molecule has 0 saturated heterocycles. The molecule has 1 amide bonds. The van der Waals surface area contributed by atoms with E-state index < -0.39 is 48.5 Å². The van der Waals surface area contributed by atoms with Crippen molar-refractivity contribution in [2.45, 2.75) is 193 Å². The van der Waals surface area contributed by atoms with Crippen molar-refractivity contribution in [2.75, 3.05) is 19.8 Å². The molecular formula is C51H80F9N5O10. The monoisotopic (exact) mass is 1090 g/mol. The number of nitrogens with one attached hydrogen (secondary N) is 2. The number of halogens is 9. The Balaban J connectivity index is 0.000000767. The molecule has 0 aromatic carbocycles. The highest BCUT2D eigenvalue weighted by Gasteiger charge is 2.59. The molecule has 10 atom stereocenters. The summed E-state index contributed by atoms with van der Waals surface area (Å²) >= 11 is 0. The minimum atomic E-state index is -5.08. The lowest BCUT2D eigenvalue weighted by Gasteiger charge is -2.58. The minimum absolute atomic E-state index is 0.197. The number of aromatic nitrogens is 2. The number of hydrogen-bond acceptors (Lipinski definition) is 10. The van der Waals surface area contributed by atoms with Gasteiger partial charge in [0.25, 0.3) is 0 Å². The van der Waals surface area contributed by atoms with Crippen LogP contribution < -0.4 is 16.8 Å². The van der Waals surface area contributed by atoms with Crippen LogP contribution in [0.15, 0.2) is 24.2 Å². The Hall–Kier alpha value is -4.45.